The first-order chi connectivity index (χ1) is 6.69. The Morgan fingerprint density at radius 3 is 2.64 bits per heavy atom. The molecule has 2 rings (SSSR count). The van der Waals surface area contributed by atoms with Crippen LogP contribution in [0.2, 0.25) is 0 Å². The van der Waals surface area contributed by atoms with Gasteiger partial charge in [0.2, 0.25) is 0 Å². The van der Waals surface area contributed by atoms with E-state index in [0.29, 0.717) is 0 Å². The van der Waals surface area contributed by atoms with Gasteiger partial charge in [0.05, 0.1) is 5.60 Å². The third kappa shape index (κ3) is 1.40. The monoisotopic (exact) mass is 212 g/mol. The summed E-state index contributed by atoms with van der Waals surface area (Å²) in [5.41, 5.74) is 0.739. The number of aliphatic hydroxyl groups excluding tert-OH is 1. The van der Waals surface area contributed by atoms with Gasteiger partial charge in [-0.05, 0) is 43.2 Å². The lowest BCUT2D eigenvalue weighted by Gasteiger charge is -2.44. The zero-order valence-corrected chi connectivity index (χ0v) is 9.43. The number of rotatable bonds is 3. The van der Waals surface area contributed by atoms with Gasteiger partial charge in [-0.15, -0.1) is 11.3 Å². The highest BCUT2D eigenvalue weighted by Crippen LogP contribution is 2.45. The van der Waals surface area contributed by atoms with Crippen molar-refractivity contribution in [3.8, 4) is 0 Å². The van der Waals surface area contributed by atoms with Crippen LogP contribution in [-0.2, 0) is 4.74 Å². The Bertz CT molecular complexity index is 309. The van der Waals surface area contributed by atoms with Crippen molar-refractivity contribution in [2.24, 2.45) is 0 Å². The predicted molar refractivity (Wildman–Crippen MR) is 57.6 cm³/mol. The largest absolute Gasteiger partial charge is 0.385 e. The van der Waals surface area contributed by atoms with E-state index in [2.05, 4.69) is 0 Å². The maximum absolute atomic E-state index is 10.2. The molecule has 1 saturated carbocycles. The van der Waals surface area contributed by atoms with Crippen LogP contribution in [0.3, 0.4) is 0 Å². The summed E-state index contributed by atoms with van der Waals surface area (Å²) in [5, 5.41) is 12.3. The normalized spacial score (nSPS) is 21.6. The van der Waals surface area contributed by atoms with Gasteiger partial charge < -0.3 is 9.84 Å². The molecule has 1 heterocycles. The van der Waals surface area contributed by atoms with Gasteiger partial charge in [0, 0.05) is 12.0 Å². The highest BCUT2D eigenvalue weighted by molar-refractivity contribution is 7.10. The van der Waals surface area contributed by atoms with Crippen LogP contribution in [0.1, 0.15) is 35.8 Å². The van der Waals surface area contributed by atoms with Crippen molar-refractivity contribution < 1.29 is 9.84 Å². The van der Waals surface area contributed by atoms with Crippen LogP contribution in [-0.4, -0.2) is 17.8 Å². The van der Waals surface area contributed by atoms with Gasteiger partial charge in [0.1, 0.15) is 6.10 Å². The second kappa shape index (κ2) is 3.65. The molecule has 2 nitrogen and oxygen atoms in total. The van der Waals surface area contributed by atoms with Crippen LogP contribution >= 0.6 is 11.3 Å². The summed E-state index contributed by atoms with van der Waals surface area (Å²) in [4.78, 5) is 1.20. The standard InChI is InChI=1S/C11H16O2S/c1-8-9(4-7-14-8)10(12)11(13-2)5-3-6-11/h4,7,10,12H,3,5-6H2,1-2H3. The third-order valence-corrected chi connectivity index (χ3v) is 4.16. The molecule has 14 heavy (non-hydrogen) atoms. The molecule has 1 aromatic rings. The third-order valence-electron chi connectivity index (χ3n) is 3.30. The number of methoxy groups -OCH3 is 1. The summed E-state index contributed by atoms with van der Waals surface area (Å²) in [7, 11) is 1.70. The molecule has 1 fully saturated rings. The highest BCUT2D eigenvalue weighted by Gasteiger charge is 2.45. The van der Waals surface area contributed by atoms with Crippen molar-refractivity contribution in [2.45, 2.75) is 37.9 Å². The second-order valence-electron chi connectivity index (χ2n) is 3.96. The molecule has 78 valence electrons. The number of hydrogen-bond acceptors (Lipinski definition) is 3. The van der Waals surface area contributed by atoms with Crippen LogP contribution in [0.5, 0.6) is 0 Å². The molecule has 0 aliphatic heterocycles. The summed E-state index contributed by atoms with van der Waals surface area (Å²) in [6, 6.07) is 2.00. The van der Waals surface area contributed by atoms with Crippen LogP contribution in [0.25, 0.3) is 0 Å². The Balaban J connectivity index is 2.22. The Hall–Kier alpha value is -0.380. The minimum absolute atomic E-state index is 0.300. The van der Waals surface area contributed by atoms with Gasteiger partial charge >= 0.3 is 0 Å². The Morgan fingerprint density at radius 1 is 1.57 bits per heavy atom. The molecule has 3 heteroatoms. The van der Waals surface area contributed by atoms with Gasteiger partial charge in [-0.2, -0.15) is 0 Å². The van der Waals surface area contributed by atoms with E-state index >= 15 is 0 Å². The van der Waals surface area contributed by atoms with E-state index < -0.39 is 6.10 Å². The van der Waals surface area contributed by atoms with Crippen LogP contribution < -0.4 is 0 Å². The van der Waals surface area contributed by atoms with E-state index in [-0.39, 0.29) is 5.60 Å². The second-order valence-corrected chi connectivity index (χ2v) is 5.08. The summed E-state index contributed by atoms with van der Waals surface area (Å²) in [5.74, 6) is 0. The Morgan fingerprint density at radius 2 is 2.29 bits per heavy atom. The molecule has 0 spiro atoms. The van der Waals surface area contributed by atoms with Crippen molar-refractivity contribution in [2.75, 3.05) is 7.11 Å². The van der Waals surface area contributed by atoms with E-state index in [1.807, 2.05) is 18.4 Å². The quantitative estimate of drug-likeness (QED) is 0.834. The number of thiophene rings is 1. The highest BCUT2D eigenvalue weighted by atomic mass is 32.1. The maximum atomic E-state index is 10.2. The molecule has 1 aliphatic rings. The first kappa shape index (κ1) is 10.1. The van der Waals surface area contributed by atoms with Gasteiger partial charge in [0.25, 0.3) is 0 Å². The van der Waals surface area contributed by atoms with E-state index in [1.54, 1.807) is 18.4 Å². The fourth-order valence-electron chi connectivity index (χ4n) is 2.08. The lowest BCUT2D eigenvalue weighted by molar-refractivity contribution is -0.151. The zero-order valence-electron chi connectivity index (χ0n) is 8.62. The maximum Gasteiger partial charge on any atom is 0.109 e. The SMILES string of the molecule is COC1(C(O)c2ccsc2C)CCC1. The number of ether oxygens (including phenoxy) is 1. The van der Waals surface area contributed by atoms with Gasteiger partial charge in [0.15, 0.2) is 0 Å². The molecule has 0 radical (unpaired) electrons. The van der Waals surface area contributed by atoms with Crippen molar-refractivity contribution >= 4 is 11.3 Å². The van der Waals surface area contributed by atoms with E-state index in [4.69, 9.17) is 4.74 Å². The minimum Gasteiger partial charge on any atom is -0.385 e. The van der Waals surface area contributed by atoms with Crippen molar-refractivity contribution in [3.05, 3.63) is 21.9 Å². The molecule has 1 unspecified atom stereocenters. The Labute approximate surface area is 88.5 Å². The van der Waals surface area contributed by atoms with Crippen molar-refractivity contribution in [1.82, 2.24) is 0 Å². The first-order valence-electron chi connectivity index (χ1n) is 4.97. The van der Waals surface area contributed by atoms with E-state index in [1.165, 1.54) is 4.88 Å². The van der Waals surface area contributed by atoms with Gasteiger partial charge in [-0.1, -0.05) is 0 Å². The van der Waals surface area contributed by atoms with E-state index in [0.717, 1.165) is 24.8 Å². The molecule has 0 aromatic carbocycles. The number of hydrogen-bond donors (Lipinski definition) is 1. The topological polar surface area (TPSA) is 29.5 Å². The minimum atomic E-state index is -0.451. The average molecular weight is 212 g/mol. The zero-order chi connectivity index (χ0) is 10.2. The van der Waals surface area contributed by atoms with Gasteiger partial charge in [-0.3, -0.25) is 0 Å². The number of aryl methyl sites for hydroxylation is 1. The molecular formula is C11H16O2S. The molecule has 1 atom stereocenters. The molecule has 1 N–H and O–H groups in total. The molecule has 0 bridgehead atoms. The fraction of sp³-hybridized carbons (Fsp3) is 0.636. The molecule has 0 saturated heterocycles. The fourth-order valence-corrected chi connectivity index (χ4v) is 2.81. The smallest absolute Gasteiger partial charge is 0.109 e. The van der Waals surface area contributed by atoms with Gasteiger partial charge in [-0.25, -0.2) is 0 Å². The average Bonchev–Trinajstić information content (AvgIpc) is 2.50. The first-order valence-corrected chi connectivity index (χ1v) is 5.85. The Kier molecular flexibility index (Phi) is 2.64. The lowest BCUT2D eigenvalue weighted by Crippen LogP contribution is -2.45. The van der Waals surface area contributed by atoms with Crippen molar-refractivity contribution in [3.63, 3.8) is 0 Å². The lowest BCUT2D eigenvalue weighted by atomic mass is 9.74. The predicted octanol–water partition coefficient (Wildman–Crippen LogP) is 2.66. The van der Waals surface area contributed by atoms with Crippen LogP contribution in [0.15, 0.2) is 11.4 Å². The van der Waals surface area contributed by atoms with Crippen LogP contribution in [0.4, 0.5) is 0 Å². The van der Waals surface area contributed by atoms with Crippen molar-refractivity contribution in [1.29, 1.82) is 0 Å². The van der Waals surface area contributed by atoms with Crippen LogP contribution in [0, 0.1) is 6.92 Å². The summed E-state index contributed by atoms with van der Waals surface area (Å²) in [6.45, 7) is 2.05. The molecule has 0 amide bonds. The molecule has 1 aromatic heterocycles. The number of aliphatic hydroxyl groups is 1. The summed E-state index contributed by atoms with van der Waals surface area (Å²) in [6.07, 6.45) is 2.65. The van der Waals surface area contributed by atoms with E-state index in [9.17, 15) is 5.11 Å². The summed E-state index contributed by atoms with van der Waals surface area (Å²) >= 11 is 1.68. The molecule has 1 aliphatic carbocycles. The molecular weight excluding hydrogens is 196 g/mol. The summed E-state index contributed by atoms with van der Waals surface area (Å²) < 4.78 is 5.47.